The molecule has 1 aromatic rings. The van der Waals surface area contributed by atoms with E-state index in [9.17, 15) is 4.79 Å². The van der Waals surface area contributed by atoms with Crippen LogP contribution in [0.15, 0.2) is 24.3 Å². The Hall–Kier alpha value is -1.22. The molecule has 0 saturated carbocycles. The molecule has 0 bridgehead atoms. The Balaban J connectivity index is 2.89. The Morgan fingerprint density at radius 2 is 1.81 bits per heavy atom. The van der Waals surface area contributed by atoms with Gasteiger partial charge in [0, 0.05) is 0 Å². The molecule has 0 fully saturated rings. The number of hydrogen-bond donors (Lipinski definition) is 0. The van der Waals surface area contributed by atoms with E-state index in [-0.39, 0.29) is 5.92 Å². The third-order valence-electron chi connectivity index (χ3n) is 2.15. The van der Waals surface area contributed by atoms with E-state index in [0.717, 1.165) is 0 Å². The van der Waals surface area contributed by atoms with Gasteiger partial charge in [-0.1, -0.05) is 26.0 Å². The first-order valence-electron chi connectivity index (χ1n) is 5.05. The zero-order chi connectivity index (χ0) is 12.1. The first-order chi connectivity index (χ1) is 7.56. The Bertz CT molecular complexity index is 363. The third kappa shape index (κ3) is 3.14. The van der Waals surface area contributed by atoms with E-state index in [2.05, 4.69) is 0 Å². The van der Waals surface area contributed by atoms with Gasteiger partial charge in [-0.25, -0.2) is 0 Å². The van der Waals surface area contributed by atoms with Crippen molar-refractivity contribution in [3.63, 3.8) is 0 Å². The molecule has 0 spiro atoms. The summed E-state index contributed by atoms with van der Waals surface area (Å²) in [6.45, 7) is 3.75. The largest absolute Gasteiger partial charge is 0.493 e. The van der Waals surface area contributed by atoms with Crippen molar-refractivity contribution in [1.82, 2.24) is 0 Å². The summed E-state index contributed by atoms with van der Waals surface area (Å²) in [7, 11) is 1.55. The Morgan fingerprint density at radius 1 is 1.25 bits per heavy atom. The molecule has 0 N–H and O–H groups in total. The second-order valence-electron chi connectivity index (χ2n) is 3.74. The van der Waals surface area contributed by atoms with E-state index < -0.39 is 11.3 Å². The van der Waals surface area contributed by atoms with Crippen molar-refractivity contribution < 1.29 is 14.3 Å². The number of methoxy groups -OCH3 is 1. The molecule has 1 rings (SSSR count). The highest BCUT2D eigenvalue weighted by Crippen LogP contribution is 2.28. The maximum absolute atomic E-state index is 11.2. The molecular formula is C12H15ClO3. The molecule has 3 nitrogen and oxygen atoms in total. The summed E-state index contributed by atoms with van der Waals surface area (Å²) < 4.78 is 10.7. The standard InChI is InChI=1S/C12H15ClO3/c1-8(2)11(12(13)14)16-10-7-5-4-6-9(10)15-3/h4-8,11H,1-3H3. The van der Waals surface area contributed by atoms with Crippen molar-refractivity contribution in [2.75, 3.05) is 7.11 Å². The predicted molar refractivity (Wildman–Crippen MR) is 63.1 cm³/mol. The minimum atomic E-state index is -0.655. The fourth-order valence-corrected chi connectivity index (χ4v) is 1.59. The number of hydrogen-bond acceptors (Lipinski definition) is 3. The summed E-state index contributed by atoms with van der Waals surface area (Å²) in [5, 5.41) is -0.499. The summed E-state index contributed by atoms with van der Waals surface area (Å²) in [6, 6.07) is 7.16. The molecule has 16 heavy (non-hydrogen) atoms. The Kier molecular flexibility index (Phi) is 4.62. The van der Waals surface area contributed by atoms with Gasteiger partial charge < -0.3 is 9.47 Å². The third-order valence-corrected chi connectivity index (χ3v) is 2.37. The number of para-hydroxylation sites is 2. The van der Waals surface area contributed by atoms with Crippen LogP contribution >= 0.6 is 11.6 Å². The highest BCUT2D eigenvalue weighted by atomic mass is 35.5. The lowest BCUT2D eigenvalue weighted by Gasteiger charge is -2.19. The highest BCUT2D eigenvalue weighted by molar-refractivity contribution is 6.64. The summed E-state index contributed by atoms with van der Waals surface area (Å²) >= 11 is 5.48. The SMILES string of the molecule is COc1ccccc1OC(C(=O)Cl)C(C)C. The molecule has 0 amide bonds. The van der Waals surface area contributed by atoms with Gasteiger partial charge >= 0.3 is 0 Å². The quantitative estimate of drug-likeness (QED) is 0.745. The van der Waals surface area contributed by atoms with E-state index in [0.29, 0.717) is 11.5 Å². The van der Waals surface area contributed by atoms with Crippen molar-refractivity contribution in [2.24, 2.45) is 5.92 Å². The van der Waals surface area contributed by atoms with Gasteiger partial charge in [0.1, 0.15) is 0 Å². The monoisotopic (exact) mass is 242 g/mol. The molecule has 88 valence electrons. The van der Waals surface area contributed by atoms with Crippen LogP contribution in [0.1, 0.15) is 13.8 Å². The first kappa shape index (κ1) is 12.8. The Labute approximate surface area is 100 Å². The summed E-state index contributed by atoms with van der Waals surface area (Å²) in [5.74, 6) is 1.12. The van der Waals surface area contributed by atoms with Crippen molar-refractivity contribution in [3.8, 4) is 11.5 Å². The van der Waals surface area contributed by atoms with Crippen LogP contribution in [0, 0.1) is 5.92 Å². The van der Waals surface area contributed by atoms with Gasteiger partial charge in [-0.15, -0.1) is 0 Å². The summed E-state index contributed by atoms with van der Waals surface area (Å²) in [6.07, 6.45) is -0.655. The van der Waals surface area contributed by atoms with Crippen LogP contribution in [0.5, 0.6) is 11.5 Å². The summed E-state index contributed by atoms with van der Waals surface area (Å²) in [5.41, 5.74) is 0. The highest BCUT2D eigenvalue weighted by Gasteiger charge is 2.23. The molecule has 0 heterocycles. The molecular weight excluding hydrogens is 228 g/mol. The number of benzene rings is 1. The van der Waals surface area contributed by atoms with Crippen LogP contribution in [0.3, 0.4) is 0 Å². The zero-order valence-electron chi connectivity index (χ0n) is 9.57. The average molecular weight is 243 g/mol. The smallest absolute Gasteiger partial charge is 0.262 e. The van der Waals surface area contributed by atoms with Crippen molar-refractivity contribution in [3.05, 3.63) is 24.3 Å². The molecule has 0 radical (unpaired) electrons. The van der Waals surface area contributed by atoms with Crippen LogP contribution in [-0.2, 0) is 4.79 Å². The maximum atomic E-state index is 11.2. The fourth-order valence-electron chi connectivity index (χ4n) is 1.30. The van der Waals surface area contributed by atoms with Crippen LogP contribution in [-0.4, -0.2) is 18.5 Å². The van der Waals surface area contributed by atoms with E-state index in [4.69, 9.17) is 21.1 Å². The molecule has 0 aromatic heterocycles. The molecule has 4 heteroatoms. The van der Waals surface area contributed by atoms with Gasteiger partial charge in [-0.3, -0.25) is 4.79 Å². The van der Waals surface area contributed by atoms with Crippen molar-refractivity contribution in [1.29, 1.82) is 0 Å². The van der Waals surface area contributed by atoms with Crippen LogP contribution in [0.4, 0.5) is 0 Å². The van der Waals surface area contributed by atoms with E-state index in [1.807, 2.05) is 26.0 Å². The maximum Gasteiger partial charge on any atom is 0.262 e. The minimum absolute atomic E-state index is 0.00918. The van der Waals surface area contributed by atoms with E-state index >= 15 is 0 Å². The predicted octanol–water partition coefficient (Wildman–Crippen LogP) is 2.86. The number of rotatable bonds is 5. The molecule has 0 saturated heterocycles. The van der Waals surface area contributed by atoms with Crippen LogP contribution in [0.2, 0.25) is 0 Å². The second-order valence-corrected chi connectivity index (χ2v) is 4.11. The number of carbonyl (C=O) groups excluding carboxylic acids is 1. The van der Waals surface area contributed by atoms with Gasteiger partial charge in [0.25, 0.3) is 5.24 Å². The molecule has 0 aliphatic heterocycles. The van der Waals surface area contributed by atoms with E-state index in [1.165, 1.54) is 0 Å². The van der Waals surface area contributed by atoms with Gasteiger partial charge in [0.15, 0.2) is 17.6 Å². The van der Waals surface area contributed by atoms with Gasteiger partial charge in [0.05, 0.1) is 7.11 Å². The molecule has 1 atom stereocenters. The average Bonchev–Trinajstić information content (AvgIpc) is 2.25. The number of carbonyl (C=O) groups is 1. The van der Waals surface area contributed by atoms with Gasteiger partial charge in [0.2, 0.25) is 0 Å². The first-order valence-corrected chi connectivity index (χ1v) is 5.43. The van der Waals surface area contributed by atoms with Crippen molar-refractivity contribution >= 4 is 16.8 Å². The normalized spacial score (nSPS) is 12.3. The molecule has 0 aliphatic carbocycles. The fraction of sp³-hybridized carbons (Fsp3) is 0.417. The van der Waals surface area contributed by atoms with Gasteiger partial charge in [-0.05, 0) is 29.7 Å². The lowest BCUT2D eigenvalue weighted by Crippen LogP contribution is -2.29. The number of ether oxygens (including phenoxy) is 2. The van der Waals surface area contributed by atoms with Crippen molar-refractivity contribution in [2.45, 2.75) is 20.0 Å². The lowest BCUT2D eigenvalue weighted by atomic mass is 10.1. The summed E-state index contributed by atoms with van der Waals surface area (Å²) in [4.78, 5) is 11.2. The minimum Gasteiger partial charge on any atom is -0.493 e. The molecule has 1 aromatic carbocycles. The zero-order valence-corrected chi connectivity index (χ0v) is 10.3. The van der Waals surface area contributed by atoms with Crippen LogP contribution < -0.4 is 9.47 Å². The second kappa shape index (κ2) is 5.75. The van der Waals surface area contributed by atoms with Crippen LogP contribution in [0.25, 0.3) is 0 Å². The van der Waals surface area contributed by atoms with E-state index in [1.54, 1.807) is 19.2 Å². The Morgan fingerprint density at radius 3 is 2.25 bits per heavy atom. The number of halogens is 1. The molecule has 0 aliphatic rings. The lowest BCUT2D eigenvalue weighted by molar-refractivity contribution is -0.119. The van der Waals surface area contributed by atoms with Gasteiger partial charge in [-0.2, -0.15) is 0 Å². The topological polar surface area (TPSA) is 35.5 Å². The molecule has 1 unspecified atom stereocenters.